The van der Waals surface area contributed by atoms with E-state index in [1.54, 1.807) is 32.1 Å². The number of aromatic amines is 1. The molecule has 0 aliphatic heterocycles. The molecule has 0 radical (unpaired) electrons. The van der Waals surface area contributed by atoms with Gasteiger partial charge in [0.2, 0.25) is 0 Å². The summed E-state index contributed by atoms with van der Waals surface area (Å²) < 4.78 is 0. The zero-order chi connectivity index (χ0) is 22.5. The highest BCUT2D eigenvalue weighted by molar-refractivity contribution is 5.75. The average molecular weight is 445 g/mol. The molecular formula is C31H44N2. The zero-order valence-electron chi connectivity index (χ0n) is 21.4. The lowest BCUT2D eigenvalue weighted by Gasteiger charge is -2.59. The molecule has 2 aromatic rings. The topological polar surface area (TPSA) is 28.7 Å². The van der Waals surface area contributed by atoms with E-state index in [1.165, 1.54) is 42.6 Å². The van der Waals surface area contributed by atoms with Gasteiger partial charge in [-0.15, -0.1) is 0 Å². The Labute approximate surface area is 200 Å². The third-order valence-corrected chi connectivity index (χ3v) is 12.6. The summed E-state index contributed by atoms with van der Waals surface area (Å²) in [6.45, 7) is 10.2. The summed E-state index contributed by atoms with van der Waals surface area (Å²) in [5.41, 5.74) is 4.96. The number of imidazole rings is 1. The van der Waals surface area contributed by atoms with Gasteiger partial charge in [0.05, 0.1) is 11.0 Å². The number of aromatic nitrogens is 2. The monoisotopic (exact) mass is 444 g/mol. The Hall–Kier alpha value is -1.31. The number of rotatable bonds is 4. The fourth-order valence-electron chi connectivity index (χ4n) is 10.9. The molecule has 1 aromatic heterocycles. The Morgan fingerprint density at radius 2 is 1.91 bits per heavy atom. The van der Waals surface area contributed by atoms with Crippen molar-refractivity contribution in [2.45, 2.75) is 91.9 Å². The summed E-state index contributed by atoms with van der Waals surface area (Å²) in [5.74, 6) is 9.34. The van der Waals surface area contributed by atoms with E-state index >= 15 is 0 Å². The van der Waals surface area contributed by atoms with Gasteiger partial charge in [0.1, 0.15) is 5.82 Å². The molecule has 5 aliphatic carbocycles. The van der Waals surface area contributed by atoms with E-state index in [2.05, 4.69) is 50.9 Å². The van der Waals surface area contributed by atoms with Crippen LogP contribution in [0, 0.1) is 65.1 Å². The van der Waals surface area contributed by atoms with E-state index in [4.69, 9.17) is 4.98 Å². The van der Waals surface area contributed by atoms with Crippen molar-refractivity contribution in [2.75, 3.05) is 0 Å². The number of nitrogens with one attached hydrogen (secondary N) is 1. The van der Waals surface area contributed by atoms with Crippen LogP contribution in [0.25, 0.3) is 11.0 Å². The lowest BCUT2D eigenvalue weighted by molar-refractivity contribution is -0.100. The molecule has 0 bridgehead atoms. The van der Waals surface area contributed by atoms with Gasteiger partial charge in [-0.05, 0) is 141 Å². The van der Waals surface area contributed by atoms with Crippen molar-refractivity contribution in [2.24, 2.45) is 58.2 Å². The molecule has 178 valence electrons. The first-order chi connectivity index (χ1) is 15.9. The fraction of sp³-hybridized carbons (Fsp3) is 0.774. The van der Waals surface area contributed by atoms with Gasteiger partial charge >= 0.3 is 0 Å². The number of aryl methyl sites for hydroxylation is 2. The Kier molecular flexibility index (Phi) is 4.53. The minimum absolute atomic E-state index is 0.594. The van der Waals surface area contributed by atoms with Crippen LogP contribution in [-0.2, 0) is 6.42 Å². The Balaban J connectivity index is 1.06. The molecule has 0 spiro atoms. The summed E-state index contributed by atoms with van der Waals surface area (Å²) in [7, 11) is 0. The van der Waals surface area contributed by atoms with Gasteiger partial charge in [0, 0.05) is 6.42 Å². The second-order valence-corrected chi connectivity index (χ2v) is 13.8. The van der Waals surface area contributed by atoms with E-state index in [9.17, 15) is 0 Å². The van der Waals surface area contributed by atoms with Crippen LogP contribution in [0.5, 0.6) is 0 Å². The van der Waals surface area contributed by atoms with Crippen molar-refractivity contribution < 1.29 is 0 Å². The number of H-pyrrole nitrogens is 1. The van der Waals surface area contributed by atoms with Crippen LogP contribution >= 0.6 is 0 Å². The summed E-state index contributed by atoms with van der Waals surface area (Å²) in [5, 5.41) is 0. The Bertz CT molecular complexity index is 1070. The molecule has 2 nitrogen and oxygen atoms in total. The Morgan fingerprint density at radius 3 is 2.79 bits per heavy atom. The van der Waals surface area contributed by atoms with Crippen LogP contribution in [0.3, 0.4) is 0 Å². The molecule has 7 rings (SSSR count). The quantitative estimate of drug-likeness (QED) is 0.509. The number of hydrogen-bond donors (Lipinski definition) is 1. The molecule has 0 saturated heterocycles. The summed E-state index contributed by atoms with van der Waals surface area (Å²) in [4.78, 5) is 8.51. The van der Waals surface area contributed by atoms with Crippen molar-refractivity contribution >= 4 is 11.0 Å². The summed E-state index contributed by atoms with van der Waals surface area (Å²) >= 11 is 0. The van der Waals surface area contributed by atoms with Gasteiger partial charge in [-0.2, -0.15) is 0 Å². The molecular weight excluding hydrogens is 400 g/mol. The molecule has 5 aliphatic rings. The zero-order valence-corrected chi connectivity index (χ0v) is 21.4. The predicted molar refractivity (Wildman–Crippen MR) is 136 cm³/mol. The van der Waals surface area contributed by atoms with Crippen LogP contribution in [0.15, 0.2) is 18.2 Å². The van der Waals surface area contributed by atoms with Gasteiger partial charge in [-0.3, -0.25) is 0 Å². The number of hydrogen-bond acceptors (Lipinski definition) is 1. The minimum Gasteiger partial charge on any atom is -0.342 e. The fourth-order valence-corrected chi connectivity index (χ4v) is 10.9. The molecule has 0 amide bonds. The maximum atomic E-state index is 4.90. The van der Waals surface area contributed by atoms with Crippen LogP contribution in [0.1, 0.15) is 89.9 Å². The molecule has 1 N–H and O–H groups in total. The van der Waals surface area contributed by atoms with Gasteiger partial charge in [0.25, 0.3) is 0 Å². The largest absolute Gasteiger partial charge is 0.342 e. The van der Waals surface area contributed by atoms with Gasteiger partial charge < -0.3 is 4.98 Å². The maximum Gasteiger partial charge on any atom is 0.107 e. The molecule has 33 heavy (non-hydrogen) atoms. The van der Waals surface area contributed by atoms with Crippen LogP contribution < -0.4 is 0 Å². The van der Waals surface area contributed by atoms with Crippen LogP contribution in [0.2, 0.25) is 0 Å². The lowest BCUT2D eigenvalue weighted by Crippen LogP contribution is -2.52. The first-order valence-electron chi connectivity index (χ1n) is 14.3. The second-order valence-electron chi connectivity index (χ2n) is 13.8. The highest BCUT2D eigenvalue weighted by Crippen LogP contribution is 2.75. The van der Waals surface area contributed by atoms with E-state index in [0.29, 0.717) is 5.41 Å². The number of benzene rings is 1. The predicted octanol–water partition coefficient (Wildman–Crippen LogP) is 7.95. The smallest absolute Gasteiger partial charge is 0.107 e. The number of fused-ring (bicyclic) bond motifs is 8. The van der Waals surface area contributed by atoms with Gasteiger partial charge in [-0.25, -0.2) is 4.98 Å². The maximum absolute atomic E-state index is 4.90. The normalized spacial score (nSPS) is 46.5. The van der Waals surface area contributed by atoms with E-state index < -0.39 is 0 Å². The molecule has 10 atom stereocenters. The third-order valence-electron chi connectivity index (χ3n) is 12.6. The molecule has 2 heteroatoms. The van der Waals surface area contributed by atoms with E-state index in [0.717, 1.165) is 64.7 Å². The average Bonchev–Trinajstić information content (AvgIpc) is 3.17. The molecule has 5 saturated carbocycles. The summed E-state index contributed by atoms with van der Waals surface area (Å²) in [6.07, 6.45) is 14.7. The standard InChI is InChI=1S/C31H44N2/c1-18-5-11-27-28(15-18)33-29(32-27)12-6-19(2)23-9-10-24-22-8-7-21-16-20-17-26(20)31(21,4)25(22)13-14-30(23,24)3/h5,11,15,19-26H,6-10,12-14,16-17H2,1-4H3,(H,32,33). The highest BCUT2D eigenvalue weighted by atomic mass is 14.9. The summed E-state index contributed by atoms with van der Waals surface area (Å²) in [6, 6.07) is 6.58. The molecule has 1 aromatic carbocycles. The van der Waals surface area contributed by atoms with E-state index in [1.807, 2.05) is 0 Å². The first kappa shape index (κ1) is 21.0. The van der Waals surface area contributed by atoms with Crippen molar-refractivity contribution in [3.8, 4) is 0 Å². The van der Waals surface area contributed by atoms with Gasteiger partial charge in [0.15, 0.2) is 0 Å². The van der Waals surface area contributed by atoms with Gasteiger partial charge in [-0.1, -0.05) is 26.8 Å². The molecule has 5 fully saturated rings. The lowest BCUT2D eigenvalue weighted by atomic mass is 9.46. The van der Waals surface area contributed by atoms with Crippen molar-refractivity contribution in [3.63, 3.8) is 0 Å². The SMILES string of the molecule is Cc1ccc2nc(CCC(C)C3CCC4C5CCC6CC7CC7C6(C)C5CCC34C)[nH]c2c1. The first-order valence-corrected chi connectivity index (χ1v) is 14.3. The second kappa shape index (κ2) is 7.11. The highest BCUT2D eigenvalue weighted by Gasteiger charge is 2.68. The van der Waals surface area contributed by atoms with Crippen molar-refractivity contribution in [3.05, 3.63) is 29.6 Å². The third kappa shape index (κ3) is 2.94. The van der Waals surface area contributed by atoms with Crippen molar-refractivity contribution in [1.29, 1.82) is 0 Å². The minimum atomic E-state index is 0.594. The molecule has 10 unspecified atom stereocenters. The number of nitrogens with zero attached hydrogens (tertiary/aromatic N) is 1. The van der Waals surface area contributed by atoms with Crippen LogP contribution in [0.4, 0.5) is 0 Å². The molecule has 1 heterocycles. The Morgan fingerprint density at radius 1 is 1.03 bits per heavy atom. The van der Waals surface area contributed by atoms with E-state index in [-0.39, 0.29) is 0 Å². The van der Waals surface area contributed by atoms with Crippen LogP contribution in [-0.4, -0.2) is 9.97 Å². The van der Waals surface area contributed by atoms with Crippen molar-refractivity contribution in [1.82, 2.24) is 9.97 Å².